The first-order valence-electron chi connectivity index (χ1n) is 6.50. The van der Waals surface area contributed by atoms with E-state index in [1.54, 1.807) is 12.1 Å². The van der Waals surface area contributed by atoms with E-state index in [0.29, 0.717) is 12.5 Å². The minimum atomic E-state index is -0.181. The summed E-state index contributed by atoms with van der Waals surface area (Å²) in [7, 11) is 0. The van der Waals surface area contributed by atoms with Gasteiger partial charge in [0.25, 0.3) is 0 Å². The summed E-state index contributed by atoms with van der Waals surface area (Å²) >= 11 is 0. The molecule has 2 unspecified atom stereocenters. The lowest BCUT2D eigenvalue weighted by Crippen LogP contribution is -2.48. The molecule has 1 aliphatic heterocycles. The highest BCUT2D eigenvalue weighted by Gasteiger charge is 2.24. The molecular formula is C14H21FN2O. The number of nitrogens with two attached hydrogens (primary N) is 1. The van der Waals surface area contributed by atoms with Crippen molar-refractivity contribution in [2.75, 3.05) is 26.2 Å². The van der Waals surface area contributed by atoms with Crippen molar-refractivity contribution in [2.24, 2.45) is 11.7 Å². The van der Waals surface area contributed by atoms with Crippen molar-refractivity contribution in [1.82, 2.24) is 4.90 Å². The number of nitrogens with zero attached hydrogens (tertiary/aromatic N) is 1. The summed E-state index contributed by atoms with van der Waals surface area (Å²) in [4.78, 5) is 2.19. The van der Waals surface area contributed by atoms with E-state index >= 15 is 0 Å². The Kier molecular flexibility index (Phi) is 4.69. The van der Waals surface area contributed by atoms with Crippen LogP contribution in [0.4, 0.5) is 4.39 Å². The molecule has 2 atom stereocenters. The smallest absolute Gasteiger partial charge is 0.123 e. The molecule has 3 N–H and O–H groups in total. The molecule has 1 aromatic carbocycles. The second kappa shape index (κ2) is 6.27. The minimum absolute atomic E-state index is 0.156. The molecule has 0 aliphatic carbocycles. The van der Waals surface area contributed by atoms with Crippen molar-refractivity contribution in [1.29, 1.82) is 0 Å². The van der Waals surface area contributed by atoms with E-state index in [-0.39, 0.29) is 18.5 Å². The van der Waals surface area contributed by atoms with Gasteiger partial charge in [0.1, 0.15) is 5.82 Å². The van der Waals surface area contributed by atoms with Gasteiger partial charge in [0, 0.05) is 25.7 Å². The first-order chi connectivity index (χ1) is 8.67. The number of aliphatic hydroxyl groups is 1. The number of aliphatic hydroxyl groups excluding tert-OH is 1. The molecule has 0 saturated carbocycles. The Morgan fingerprint density at radius 2 is 2.22 bits per heavy atom. The van der Waals surface area contributed by atoms with E-state index in [0.717, 1.165) is 31.5 Å². The molecule has 0 bridgehead atoms. The van der Waals surface area contributed by atoms with Crippen molar-refractivity contribution >= 4 is 0 Å². The van der Waals surface area contributed by atoms with Gasteiger partial charge in [-0.1, -0.05) is 12.1 Å². The Morgan fingerprint density at radius 1 is 1.39 bits per heavy atom. The van der Waals surface area contributed by atoms with Crippen LogP contribution in [0, 0.1) is 11.7 Å². The summed E-state index contributed by atoms with van der Waals surface area (Å²) in [6, 6.07) is 6.92. The number of β-amino-alcohol motifs (C(OH)–C–C–N with tert-alkyl or cyclic N) is 1. The standard InChI is InChI=1S/C14H21FN2O/c15-13-3-1-2-11(7-13)6-12-8-14(16)10-17(9-12)4-5-18/h1-3,7,12,14,18H,4-6,8-10,16H2. The van der Waals surface area contributed by atoms with Crippen LogP contribution in [0.15, 0.2) is 24.3 Å². The van der Waals surface area contributed by atoms with Crippen LogP contribution in [-0.2, 0) is 6.42 Å². The molecule has 4 heteroatoms. The summed E-state index contributed by atoms with van der Waals surface area (Å²) in [6.45, 7) is 2.62. The third kappa shape index (κ3) is 3.77. The topological polar surface area (TPSA) is 49.5 Å². The summed E-state index contributed by atoms with van der Waals surface area (Å²) in [5.41, 5.74) is 7.06. The average molecular weight is 252 g/mol. The molecule has 1 heterocycles. The van der Waals surface area contributed by atoms with Gasteiger partial charge in [-0.15, -0.1) is 0 Å². The highest BCUT2D eigenvalue weighted by Crippen LogP contribution is 2.20. The van der Waals surface area contributed by atoms with Gasteiger partial charge >= 0.3 is 0 Å². The number of hydrogen-bond acceptors (Lipinski definition) is 3. The number of piperidine rings is 1. The number of likely N-dealkylation sites (tertiary alicyclic amines) is 1. The molecule has 1 aliphatic rings. The van der Waals surface area contributed by atoms with Crippen molar-refractivity contribution in [3.05, 3.63) is 35.6 Å². The van der Waals surface area contributed by atoms with Gasteiger partial charge in [0.05, 0.1) is 6.61 Å². The summed E-state index contributed by atoms with van der Waals surface area (Å²) in [5.74, 6) is 0.266. The van der Waals surface area contributed by atoms with E-state index in [1.807, 2.05) is 6.07 Å². The van der Waals surface area contributed by atoms with Crippen molar-refractivity contribution < 1.29 is 9.50 Å². The summed E-state index contributed by atoms with van der Waals surface area (Å²) in [6.07, 6.45) is 1.83. The molecule has 0 radical (unpaired) electrons. The largest absolute Gasteiger partial charge is 0.395 e. The number of rotatable bonds is 4. The fourth-order valence-electron chi connectivity index (χ4n) is 2.82. The Bertz CT molecular complexity index is 386. The third-order valence-corrected chi connectivity index (χ3v) is 3.47. The predicted molar refractivity (Wildman–Crippen MR) is 69.7 cm³/mol. The lowest BCUT2D eigenvalue weighted by molar-refractivity contribution is 0.127. The van der Waals surface area contributed by atoms with Gasteiger partial charge in [-0.05, 0) is 36.5 Å². The van der Waals surface area contributed by atoms with Gasteiger partial charge in [-0.25, -0.2) is 4.39 Å². The molecule has 2 rings (SSSR count). The van der Waals surface area contributed by atoms with Crippen LogP contribution in [-0.4, -0.2) is 42.3 Å². The number of halogens is 1. The lowest BCUT2D eigenvalue weighted by atomic mass is 9.89. The van der Waals surface area contributed by atoms with Gasteiger partial charge in [-0.2, -0.15) is 0 Å². The summed E-state index contributed by atoms with van der Waals surface area (Å²) < 4.78 is 13.1. The molecule has 1 saturated heterocycles. The fraction of sp³-hybridized carbons (Fsp3) is 0.571. The van der Waals surface area contributed by atoms with Crippen LogP contribution in [0.1, 0.15) is 12.0 Å². The van der Waals surface area contributed by atoms with Gasteiger partial charge in [-0.3, -0.25) is 4.90 Å². The second-order valence-corrected chi connectivity index (χ2v) is 5.18. The first-order valence-corrected chi connectivity index (χ1v) is 6.50. The molecule has 1 fully saturated rings. The molecule has 100 valence electrons. The summed E-state index contributed by atoms with van der Waals surface area (Å²) in [5, 5.41) is 8.99. The van der Waals surface area contributed by atoms with Gasteiger partial charge in [0.15, 0.2) is 0 Å². The van der Waals surface area contributed by atoms with Gasteiger partial charge in [0.2, 0.25) is 0 Å². The van der Waals surface area contributed by atoms with E-state index in [4.69, 9.17) is 10.8 Å². The number of hydrogen-bond donors (Lipinski definition) is 2. The quantitative estimate of drug-likeness (QED) is 0.841. The molecular weight excluding hydrogens is 231 g/mol. The Labute approximate surface area is 107 Å². The third-order valence-electron chi connectivity index (χ3n) is 3.47. The van der Waals surface area contributed by atoms with Crippen LogP contribution in [0.2, 0.25) is 0 Å². The maximum atomic E-state index is 13.1. The van der Waals surface area contributed by atoms with Crippen LogP contribution < -0.4 is 5.73 Å². The maximum absolute atomic E-state index is 13.1. The fourth-order valence-corrected chi connectivity index (χ4v) is 2.82. The highest BCUT2D eigenvalue weighted by atomic mass is 19.1. The van der Waals surface area contributed by atoms with Crippen LogP contribution >= 0.6 is 0 Å². The minimum Gasteiger partial charge on any atom is -0.395 e. The number of benzene rings is 1. The van der Waals surface area contributed by atoms with E-state index in [2.05, 4.69) is 4.90 Å². The molecule has 3 nitrogen and oxygen atoms in total. The van der Waals surface area contributed by atoms with Crippen LogP contribution in [0.5, 0.6) is 0 Å². The molecule has 1 aromatic rings. The molecule has 18 heavy (non-hydrogen) atoms. The second-order valence-electron chi connectivity index (χ2n) is 5.18. The monoisotopic (exact) mass is 252 g/mol. The van der Waals surface area contributed by atoms with Crippen molar-refractivity contribution in [3.63, 3.8) is 0 Å². The zero-order valence-corrected chi connectivity index (χ0v) is 10.6. The van der Waals surface area contributed by atoms with Gasteiger partial charge < -0.3 is 10.8 Å². The Morgan fingerprint density at radius 3 is 2.94 bits per heavy atom. The Balaban J connectivity index is 1.95. The lowest BCUT2D eigenvalue weighted by Gasteiger charge is -2.36. The van der Waals surface area contributed by atoms with E-state index < -0.39 is 0 Å². The van der Waals surface area contributed by atoms with Crippen molar-refractivity contribution in [3.8, 4) is 0 Å². The van der Waals surface area contributed by atoms with Crippen LogP contribution in [0.3, 0.4) is 0 Å². The first kappa shape index (κ1) is 13.5. The van der Waals surface area contributed by atoms with E-state index in [9.17, 15) is 4.39 Å². The van der Waals surface area contributed by atoms with Crippen LogP contribution in [0.25, 0.3) is 0 Å². The van der Waals surface area contributed by atoms with E-state index in [1.165, 1.54) is 6.07 Å². The van der Waals surface area contributed by atoms with Crippen molar-refractivity contribution in [2.45, 2.75) is 18.9 Å². The maximum Gasteiger partial charge on any atom is 0.123 e. The molecule has 0 spiro atoms. The SMILES string of the molecule is NC1CC(Cc2cccc(F)c2)CN(CCO)C1. The Hall–Kier alpha value is -0.970. The molecule has 0 amide bonds. The zero-order chi connectivity index (χ0) is 13.0. The normalized spacial score (nSPS) is 25.3. The highest BCUT2D eigenvalue weighted by molar-refractivity contribution is 5.17. The predicted octanol–water partition coefficient (Wildman–Crippen LogP) is 1.01. The molecule has 0 aromatic heterocycles. The average Bonchev–Trinajstić information content (AvgIpc) is 2.28. The zero-order valence-electron chi connectivity index (χ0n) is 10.6.